The van der Waals surface area contributed by atoms with Gasteiger partial charge in [0.1, 0.15) is 11.6 Å². The smallest absolute Gasteiger partial charge is 0.261 e. The van der Waals surface area contributed by atoms with Crippen LogP contribution in [0.5, 0.6) is 0 Å². The fourth-order valence-electron chi connectivity index (χ4n) is 4.09. The quantitative estimate of drug-likeness (QED) is 0.711. The lowest BCUT2D eigenvalue weighted by Gasteiger charge is -2.62. The number of piperazine rings is 1. The molecule has 132 valence electrons. The van der Waals surface area contributed by atoms with Gasteiger partial charge in [0.15, 0.2) is 0 Å². The Labute approximate surface area is 150 Å². The molecule has 0 saturated carbocycles. The number of hydrogen-bond donors (Lipinski definition) is 0. The number of hydrogen-bond acceptors (Lipinski definition) is 4. The molecule has 3 aromatic rings. The summed E-state index contributed by atoms with van der Waals surface area (Å²) in [5.41, 5.74) is 1.83. The molecule has 5 nitrogen and oxygen atoms in total. The first-order valence-electron chi connectivity index (χ1n) is 8.77. The molecule has 2 aliphatic rings. The average molecular weight is 350 g/mol. The van der Waals surface area contributed by atoms with Crippen molar-refractivity contribution in [2.45, 2.75) is 12.1 Å². The zero-order valence-electron chi connectivity index (χ0n) is 14.7. The molecular formula is C20H19FN4O. The second kappa shape index (κ2) is 5.38. The second-order valence-electron chi connectivity index (χ2n) is 7.21. The fraction of sp³-hybridized carbons (Fsp3) is 0.300. The molecule has 1 aromatic heterocycles. The molecule has 26 heavy (non-hydrogen) atoms. The Balaban J connectivity index is 1.61. The van der Waals surface area contributed by atoms with Gasteiger partial charge in [0, 0.05) is 31.9 Å². The summed E-state index contributed by atoms with van der Waals surface area (Å²) >= 11 is 0. The Kier molecular flexibility index (Phi) is 3.21. The van der Waals surface area contributed by atoms with Crippen molar-refractivity contribution in [2.75, 3.05) is 25.0 Å². The van der Waals surface area contributed by atoms with E-state index in [2.05, 4.69) is 21.8 Å². The van der Waals surface area contributed by atoms with Crippen LogP contribution in [0.4, 0.5) is 10.1 Å². The van der Waals surface area contributed by atoms with Gasteiger partial charge in [-0.05, 0) is 37.4 Å². The van der Waals surface area contributed by atoms with Gasteiger partial charge in [-0.1, -0.05) is 12.1 Å². The van der Waals surface area contributed by atoms with E-state index in [9.17, 15) is 9.18 Å². The SMILES string of the molecule is CN1CC2[C@H]1CN2c1ccc2nc(-c3ccccc3F)n(C)c(=O)c2c1. The molecule has 2 aliphatic heterocycles. The normalized spacial score (nSPS) is 22.0. The Morgan fingerprint density at radius 2 is 1.88 bits per heavy atom. The van der Waals surface area contributed by atoms with E-state index in [-0.39, 0.29) is 11.4 Å². The molecule has 1 unspecified atom stereocenters. The van der Waals surface area contributed by atoms with Crippen LogP contribution in [0.15, 0.2) is 47.3 Å². The van der Waals surface area contributed by atoms with Crippen LogP contribution in [-0.4, -0.2) is 46.7 Å². The van der Waals surface area contributed by atoms with E-state index in [4.69, 9.17) is 0 Å². The summed E-state index contributed by atoms with van der Waals surface area (Å²) in [4.78, 5) is 22.2. The molecule has 2 fully saturated rings. The monoisotopic (exact) mass is 350 g/mol. The van der Waals surface area contributed by atoms with Gasteiger partial charge in [-0.15, -0.1) is 0 Å². The molecule has 3 heterocycles. The van der Waals surface area contributed by atoms with E-state index >= 15 is 0 Å². The molecule has 0 bridgehead atoms. The minimum atomic E-state index is -0.383. The predicted octanol–water partition coefficient (Wildman–Crippen LogP) is 2.24. The first-order chi connectivity index (χ1) is 12.5. The molecule has 5 rings (SSSR count). The molecule has 2 aromatic carbocycles. The van der Waals surface area contributed by atoms with E-state index in [1.807, 2.05) is 18.2 Å². The number of halogens is 1. The first-order valence-corrected chi connectivity index (χ1v) is 8.77. The molecule has 0 radical (unpaired) electrons. The molecule has 0 spiro atoms. The maximum absolute atomic E-state index is 14.2. The summed E-state index contributed by atoms with van der Waals surface area (Å²) < 4.78 is 15.6. The summed E-state index contributed by atoms with van der Waals surface area (Å²) in [6.45, 7) is 2.05. The number of anilines is 1. The van der Waals surface area contributed by atoms with Crippen LogP contribution in [0.3, 0.4) is 0 Å². The summed E-state index contributed by atoms with van der Waals surface area (Å²) in [5.74, 6) is -0.0373. The van der Waals surface area contributed by atoms with Crippen molar-refractivity contribution in [3.05, 3.63) is 58.6 Å². The predicted molar refractivity (Wildman–Crippen MR) is 99.9 cm³/mol. The number of nitrogens with zero attached hydrogens (tertiary/aromatic N) is 4. The minimum Gasteiger partial charge on any atom is -0.364 e. The van der Waals surface area contributed by atoms with E-state index in [1.165, 1.54) is 10.6 Å². The highest BCUT2D eigenvalue weighted by Gasteiger charge is 2.49. The fourth-order valence-corrected chi connectivity index (χ4v) is 4.09. The highest BCUT2D eigenvalue weighted by molar-refractivity contribution is 5.84. The van der Waals surface area contributed by atoms with Crippen LogP contribution in [0.2, 0.25) is 0 Å². The van der Waals surface area contributed by atoms with Crippen LogP contribution in [0, 0.1) is 5.82 Å². The maximum atomic E-state index is 14.2. The third kappa shape index (κ3) is 2.05. The molecule has 2 saturated heterocycles. The lowest BCUT2D eigenvalue weighted by Crippen LogP contribution is -2.78. The van der Waals surface area contributed by atoms with Gasteiger partial charge in [0.2, 0.25) is 0 Å². The van der Waals surface area contributed by atoms with Crippen LogP contribution in [0.25, 0.3) is 22.3 Å². The van der Waals surface area contributed by atoms with Gasteiger partial charge in [-0.2, -0.15) is 0 Å². The molecule has 2 atom stereocenters. The molecule has 0 N–H and O–H groups in total. The number of aromatic nitrogens is 2. The number of benzene rings is 2. The topological polar surface area (TPSA) is 41.4 Å². The standard InChI is InChI=1S/C20H19FN4O/c1-23-10-18-17(23)11-25(18)12-7-8-16-14(9-12)20(26)24(2)19(22-16)13-5-3-4-6-15(13)21/h3-9,17-18H,10-11H2,1-2H3/t17-,18?/m1/s1. The zero-order chi connectivity index (χ0) is 18.0. The molecule has 0 aliphatic carbocycles. The Morgan fingerprint density at radius 1 is 1.08 bits per heavy atom. The molecule has 6 heteroatoms. The molecular weight excluding hydrogens is 331 g/mol. The largest absolute Gasteiger partial charge is 0.364 e. The number of rotatable bonds is 2. The van der Waals surface area contributed by atoms with Crippen molar-refractivity contribution in [1.29, 1.82) is 0 Å². The lowest BCUT2D eigenvalue weighted by molar-refractivity contribution is 0.0369. The summed E-state index contributed by atoms with van der Waals surface area (Å²) in [7, 11) is 3.78. The molecule has 0 amide bonds. The highest BCUT2D eigenvalue weighted by atomic mass is 19.1. The summed E-state index contributed by atoms with van der Waals surface area (Å²) in [5, 5.41) is 0.571. The van der Waals surface area contributed by atoms with Crippen molar-refractivity contribution in [1.82, 2.24) is 14.5 Å². The number of likely N-dealkylation sites (tertiary alicyclic amines) is 1. The Morgan fingerprint density at radius 3 is 2.58 bits per heavy atom. The van der Waals surface area contributed by atoms with Crippen molar-refractivity contribution in [3.8, 4) is 11.4 Å². The third-order valence-corrected chi connectivity index (χ3v) is 5.78. The van der Waals surface area contributed by atoms with E-state index in [0.29, 0.717) is 34.4 Å². The Bertz CT molecular complexity index is 1090. The van der Waals surface area contributed by atoms with Gasteiger partial charge in [-0.25, -0.2) is 9.37 Å². The maximum Gasteiger partial charge on any atom is 0.261 e. The summed E-state index contributed by atoms with van der Waals surface area (Å²) in [6, 6.07) is 13.4. The minimum absolute atomic E-state index is 0.155. The third-order valence-electron chi connectivity index (χ3n) is 5.78. The van der Waals surface area contributed by atoms with Crippen molar-refractivity contribution < 1.29 is 4.39 Å². The zero-order valence-corrected chi connectivity index (χ0v) is 14.7. The van der Waals surface area contributed by atoms with Gasteiger partial charge in [0.25, 0.3) is 5.56 Å². The van der Waals surface area contributed by atoms with Crippen LogP contribution in [0.1, 0.15) is 0 Å². The van der Waals surface area contributed by atoms with E-state index in [1.54, 1.807) is 25.2 Å². The number of likely N-dealkylation sites (N-methyl/N-ethyl adjacent to an activating group) is 1. The van der Waals surface area contributed by atoms with Crippen LogP contribution < -0.4 is 10.5 Å². The second-order valence-corrected chi connectivity index (χ2v) is 7.21. The van der Waals surface area contributed by atoms with Crippen molar-refractivity contribution >= 4 is 16.6 Å². The van der Waals surface area contributed by atoms with Gasteiger partial charge >= 0.3 is 0 Å². The van der Waals surface area contributed by atoms with Crippen molar-refractivity contribution in [2.24, 2.45) is 7.05 Å². The van der Waals surface area contributed by atoms with E-state index in [0.717, 1.165) is 18.8 Å². The highest BCUT2D eigenvalue weighted by Crippen LogP contribution is 2.36. The van der Waals surface area contributed by atoms with Gasteiger partial charge < -0.3 is 4.90 Å². The van der Waals surface area contributed by atoms with Crippen molar-refractivity contribution in [3.63, 3.8) is 0 Å². The number of fused-ring (bicyclic) bond motifs is 2. The van der Waals surface area contributed by atoms with E-state index < -0.39 is 0 Å². The van der Waals surface area contributed by atoms with Crippen LogP contribution in [-0.2, 0) is 7.05 Å². The summed E-state index contributed by atoms with van der Waals surface area (Å²) in [6.07, 6.45) is 0. The lowest BCUT2D eigenvalue weighted by atomic mass is 9.85. The first kappa shape index (κ1) is 15.5. The van der Waals surface area contributed by atoms with Gasteiger partial charge in [0.05, 0.1) is 22.5 Å². The average Bonchev–Trinajstić information content (AvgIpc) is 2.63. The van der Waals surface area contributed by atoms with Gasteiger partial charge in [-0.3, -0.25) is 14.3 Å². The Hall–Kier alpha value is -2.73. The van der Waals surface area contributed by atoms with Crippen LogP contribution >= 0.6 is 0 Å².